The maximum absolute atomic E-state index is 5.36. The maximum atomic E-state index is 5.36. The molecule has 98 valence electrons. The van der Waals surface area contributed by atoms with E-state index in [0.29, 0.717) is 5.65 Å². The highest BCUT2D eigenvalue weighted by atomic mass is 16.5. The Kier molecular flexibility index (Phi) is 2.26. The monoisotopic (exact) mass is 259 g/mol. The quantitative estimate of drug-likeness (QED) is 0.675. The lowest BCUT2D eigenvalue weighted by Crippen LogP contribution is -2.17. The van der Waals surface area contributed by atoms with E-state index in [2.05, 4.69) is 30.5 Å². The van der Waals surface area contributed by atoms with Crippen LogP contribution >= 0.6 is 0 Å². The molecule has 1 aliphatic rings. The van der Waals surface area contributed by atoms with Gasteiger partial charge in [-0.25, -0.2) is 9.97 Å². The lowest BCUT2D eigenvalue weighted by Gasteiger charge is -2.07. The van der Waals surface area contributed by atoms with Gasteiger partial charge in [-0.15, -0.1) is 10.2 Å². The Hall–Kier alpha value is -2.06. The molecule has 1 aliphatic heterocycles. The normalized spacial score (nSPS) is 23.6. The molecule has 1 fully saturated rings. The van der Waals surface area contributed by atoms with Crippen molar-refractivity contribution in [2.24, 2.45) is 0 Å². The number of hydrogen-bond donors (Lipinski definition) is 2. The van der Waals surface area contributed by atoms with Crippen LogP contribution < -0.4 is 5.32 Å². The van der Waals surface area contributed by atoms with Crippen molar-refractivity contribution >= 4 is 16.8 Å². The van der Waals surface area contributed by atoms with Gasteiger partial charge < -0.3 is 15.0 Å². The molecule has 19 heavy (non-hydrogen) atoms. The second-order valence-corrected chi connectivity index (χ2v) is 4.65. The zero-order chi connectivity index (χ0) is 12.8. The second-order valence-electron chi connectivity index (χ2n) is 4.65. The molecule has 8 heteroatoms. The number of imidazole rings is 1. The molecule has 0 amide bonds. The minimum atomic E-state index is 0.141. The molecule has 0 saturated carbocycles. The van der Waals surface area contributed by atoms with Crippen molar-refractivity contribution in [3.8, 4) is 0 Å². The highest BCUT2D eigenvalue weighted by Crippen LogP contribution is 2.24. The average molecular weight is 259 g/mol. The van der Waals surface area contributed by atoms with Crippen LogP contribution in [0.4, 0.5) is 0 Å². The predicted molar refractivity (Wildman–Crippen MR) is 66.6 cm³/mol. The first-order valence-electron chi connectivity index (χ1n) is 6.15. The Labute approximate surface area is 108 Å². The van der Waals surface area contributed by atoms with Crippen molar-refractivity contribution in [3.63, 3.8) is 0 Å². The van der Waals surface area contributed by atoms with Crippen LogP contribution in [0.15, 0.2) is 12.7 Å². The number of aromatic nitrogens is 6. The summed E-state index contributed by atoms with van der Waals surface area (Å²) >= 11 is 0. The Balaban J connectivity index is 1.83. The van der Waals surface area contributed by atoms with Gasteiger partial charge in [0.05, 0.1) is 18.5 Å². The number of fused-ring (bicyclic) bond motifs is 3. The Morgan fingerprint density at radius 1 is 1.37 bits per heavy atom. The van der Waals surface area contributed by atoms with Crippen LogP contribution in [0.5, 0.6) is 0 Å². The fraction of sp³-hybridized carbons (Fsp3) is 0.455. The van der Waals surface area contributed by atoms with E-state index in [1.165, 1.54) is 0 Å². The SMILES string of the molecule is COC1CNC(c2nnc3c4[nH]cnc4ncn23)C1. The van der Waals surface area contributed by atoms with Gasteiger partial charge in [0, 0.05) is 13.7 Å². The van der Waals surface area contributed by atoms with Gasteiger partial charge in [0.2, 0.25) is 0 Å². The summed E-state index contributed by atoms with van der Waals surface area (Å²) in [6.07, 6.45) is 4.44. The molecule has 0 aliphatic carbocycles. The number of nitrogens with zero attached hydrogens (tertiary/aromatic N) is 5. The van der Waals surface area contributed by atoms with Gasteiger partial charge in [0.15, 0.2) is 17.1 Å². The maximum Gasteiger partial charge on any atom is 0.189 e. The van der Waals surface area contributed by atoms with E-state index >= 15 is 0 Å². The van der Waals surface area contributed by atoms with Gasteiger partial charge in [-0.3, -0.25) is 4.40 Å². The van der Waals surface area contributed by atoms with Gasteiger partial charge in [-0.1, -0.05) is 0 Å². The molecular weight excluding hydrogens is 246 g/mol. The molecule has 8 nitrogen and oxygen atoms in total. The van der Waals surface area contributed by atoms with Gasteiger partial charge in [0.1, 0.15) is 11.8 Å². The summed E-state index contributed by atoms with van der Waals surface area (Å²) in [4.78, 5) is 11.5. The van der Waals surface area contributed by atoms with Crippen LogP contribution in [0.2, 0.25) is 0 Å². The van der Waals surface area contributed by atoms with E-state index in [1.807, 2.05) is 4.40 Å². The molecule has 4 heterocycles. The Bertz CT molecular complexity index is 733. The minimum absolute atomic E-state index is 0.141. The van der Waals surface area contributed by atoms with E-state index in [-0.39, 0.29) is 12.1 Å². The summed E-state index contributed by atoms with van der Waals surface area (Å²) in [5.74, 6) is 0.860. The third kappa shape index (κ3) is 1.53. The summed E-state index contributed by atoms with van der Waals surface area (Å²) in [5, 5.41) is 11.9. The summed E-state index contributed by atoms with van der Waals surface area (Å²) in [7, 11) is 1.73. The third-order valence-electron chi connectivity index (χ3n) is 3.60. The van der Waals surface area contributed by atoms with E-state index in [0.717, 1.165) is 30.0 Å². The smallest absolute Gasteiger partial charge is 0.189 e. The zero-order valence-corrected chi connectivity index (χ0v) is 10.4. The molecule has 3 aromatic rings. The number of hydrogen-bond acceptors (Lipinski definition) is 6. The van der Waals surface area contributed by atoms with Crippen molar-refractivity contribution in [2.75, 3.05) is 13.7 Å². The molecule has 0 aromatic carbocycles. The number of rotatable bonds is 2. The summed E-state index contributed by atoms with van der Waals surface area (Å²) < 4.78 is 7.26. The first-order valence-corrected chi connectivity index (χ1v) is 6.15. The summed E-state index contributed by atoms with van der Waals surface area (Å²) in [6, 6.07) is 0.141. The van der Waals surface area contributed by atoms with E-state index in [1.54, 1.807) is 19.8 Å². The number of ether oxygens (including phenoxy) is 1. The topological polar surface area (TPSA) is 93.0 Å². The largest absolute Gasteiger partial charge is 0.380 e. The molecule has 0 radical (unpaired) electrons. The first kappa shape index (κ1) is 10.8. The molecule has 0 bridgehead atoms. The number of aromatic amines is 1. The average Bonchev–Trinajstić information content (AvgIpc) is 3.15. The van der Waals surface area contributed by atoms with E-state index < -0.39 is 0 Å². The standard InChI is InChI=1S/C11H13N7O/c1-19-6-2-7(12-3-6)10-16-17-11-8-9(14-4-13-8)15-5-18(10)11/h4-7,12H,2-3H2,1H3,(H,13,14). The highest BCUT2D eigenvalue weighted by Gasteiger charge is 2.29. The molecule has 2 atom stereocenters. The third-order valence-corrected chi connectivity index (χ3v) is 3.60. The van der Waals surface area contributed by atoms with Crippen molar-refractivity contribution in [3.05, 3.63) is 18.5 Å². The van der Waals surface area contributed by atoms with Gasteiger partial charge in [0.25, 0.3) is 0 Å². The highest BCUT2D eigenvalue weighted by molar-refractivity contribution is 5.84. The van der Waals surface area contributed by atoms with Crippen LogP contribution in [-0.2, 0) is 4.74 Å². The molecule has 4 rings (SSSR count). The van der Waals surface area contributed by atoms with Crippen molar-refractivity contribution < 1.29 is 4.74 Å². The van der Waals surface area contributed by atoms with Gasteiger partial charge >= 0.3 is 0 Å². The van der Waals surface area contributed by atoms with Crippen molar-refractivity contribution in [2.45, 2.75) is 18.6 Å². The fourth-order valence-electron chi connectivity index (χ4n) is 2.57. The van der Waals surface area contributed by atoms with Crippen molar-refractivity contribution in [1.82, 2.24) is 34.9 Å². The van der Waals surface area contributed by atoms with Gasteiger partial charge in [-0.05, 0) is 6.42 Å². The van der Waals surface area contributed by atoms with Gasteiger partial charge in [-0.2, -0.15) is 0 Å². The number of methoxy groups -OCH3 is 1. The molecule has 2 N–H and O–H groups in total. The van der Waals surface area contributed by atoms with Crippen LogP contribution in [-0.4, -0.2) is 49.3 Å². The Morgan fingerprint density at radius 3 is 3.16 bits per heavy atom. The van der Waals surface area contributed by atoms with Crippen molar-refractivity contribution in [1.29, 1.82) is 0 Å². The van der Waals surface area contributed by atoms with Crippen LogP contribution in [0.1, 0.15) is 18.3 Å². The van der Waals surface area contributed by atoms with Crippen LogP contribution in [0.3, 0.4) is 0 Å². The second kappa shape index (κ2) is 3.97. The fourth-order valence-corrected chi connectivity index (χ4v) is 2.57. The predicted octanol–water partition coefficient (Wildman–Crippen LogP) is 0.0500. The van der Waals surface area contributed by atoms with Crippen LogP contribution in [0.25, 0.3) is 16.8 Å². The molecule has 0 spiro atoms. The zero-order valence-electron chi connectivity index (χ0n) is 10.4. The summed E-state index contributed by atoms with van der Waals surface area (Å²) in [5.41, 5.74) is 2.21. The first-order chi connectivity index (χ1) is 9.36. The van der Waals surface area contributed by atoms with E-state index in [4.69, 9.17) is 4.74 Å². The molecule has 3 aromatic heterocycles. The molecule has 2 unspecified atom stereocenters. The number of H-pyrrole nitrogens is 1. The molecular formula is C11H13N7O. The Morgan fingerprint density at radius 2 is 2.32 bits per heavy atom. The minimum Gasteiger partial charge on any atom is -0.380 e. The molecule has 1 saturated heterocycles. The lowest BCUT2D eigenvalue weighted by atomic mass is 10.2. The number of nitrogens with one attached hydrogen (secondary N) is 2. The summed E-state index contributed by atoms with van der Waals surface area (Å²) in [6.45, 7) is 0.829. The lowest BCUT2D eigenvalue weighted by molar-refractivity contribution is 0.117. The van der Waals surface area contributed by atoms with E-state index in [9.17, 15) is 0 Å². The van der Waals surface area contributed by atoms with Crippen LogP contribution in [0, 0.1) is 0 Å².